The molecular weight excluding hydrogens is 512 g/mol. The molecule has 0 saturated carbocycles. The number of benzene rings is 2. The van der Waals surface area contributed by atoms with Crippen molar-refractivity contribution < 1.29 is 13.2 Å². The number of hydrogen-bond donors (Lipinski definition) is 1. The summed E-state index contributed by atoms with van der Waals surface area (Å²) in [6, 6.07) is 12.4. The summed E-state index contributed by atoms with van der Waals surface area (Å²) in [5.41, 5.74) is 3.21. The lowest BCUT2D eigenvalue weighted by molar-refractivity contribution is -0.132. The molecule has 1 N–H and O–H groups in total. The van der Waals surface area contributed by atoms with Gasteiger partial charge in [0.2, 0.25) is 5.91 Å². The van der Waals surface area contributed by atoms with Gasteiger partial charge in [0.25, 0.3) is 10.0 Å². The van der Waals surface area contributed by atoms with E-state index >= 15 is 0 Å². The third kappa shape index (κ3) is 5.50. The zero-order valence-electron chi connectivity index (χ0n) is 20.5. The van der Waals surface area contributed by atoms with Crippen molar-refractivity contribution in [3.05, 3.63) is 71.6 Å². The number of carbonyl (C=O) groups excluding carboxylic acids is 1. The van der Waals surface area contributed by atoms with E-state index < -0.39 is 10.0 Å². The lowest BCUT2D eigenvalue weighted by Crippen LogP contribution is -2.55. The Hall–Kier alpha value is -3.37. The number of anilines is 3. The van der Waals surface area contributed by atoms with E-state index in [9.17, 15) is 13.2 Å². The Bertz CT molecular complexity index is 1360. The number of aryl methyl sites for hydroxylation is 1. The van der Waals surface area contributed by atoms with Gasteiger partial charge < -0.3 is 14.7 Å². The van der Waals surface area contributed by atoms with Crippen LogP contribution in [0.5, 0.6) is 0 Å². The van der Waals surface area contributed by atoms with E-state index in [1.807, 2.05) is 30.0 Å². The summed E-state index contributed by atoms with van der Waals surface area (Å²) in [7, 11) is -3.76. The van der Waals surface area contributed by atoms with E-state index in [-0.39, 0.29) is 22.7 Å². The number of piperazine rings is 1. The number of fused-ring (bicyclic) bond motifs is 1. The summed E-state index contributed by atoms with van der Waals surface area (Å²) in [4.78, 5) is 27.6. The molecule has 1 saturated heterocycles. The van der Waals surface area contributed by atoms with Crippen LogP contribution in [0.4, 0.5) is 17.2 Å². The van der Waals surface area contributed by atoms with Gasteiger partial charge in [0, 0.05) is 61.5 Å². The monoisotopic (exact) mass is 540 g/mol. The molecule has 1 atom stereocenters. The lowest BCUT2D eigenvalue weighted by atomic mass is 10.00. The number of aromatic nitrogens is 2. The average molecular weight is 541 g/mol. The first-order chi connectivity index (χ1) is 17.8. The molecule has 0 radical (unpaired) electrons. The van der Waals surface area contributed by atoms with Crippen molar-refractivity contribution in [2.24, 2.45) is 0 Å². The number of nitrogens with one attached hydrogen (secondary N) is 1. The molecule has 2 aliphatic rings. The van der Waals surface area contributed by atoms with Crippen molar-refractivity contribution in [1.82, 2.24) is 14.9 Å². The highest BCUT2D eigenvalue weighted by molar-refractivity contribution is 7.92. The Morgan fingerprint density at radius 3 is 2.49 bits per heavy atom. The lowest BCUT2D eigenvalue weighted by Gasteiger charge is -2.41. The summed E-state index contributed by atoms with van der Waals surface area (Å²) in [6.45, 7) is 5.40. The molecule has 3 aromatic rings. The van der Waals surface area contributed by atoms with E-state index in [1.165, 1.54) is 24.2 Å². The van der Waals surface area contributed by atoms with Gasteiger partial charge in [-0.2, -0.15) is 0 Å². The van der Waals surface area contributed by atoms with Gasteiger partial charge in [0.15, 0.2) is 5.82 Å². The normalized spacial score (nSPS) is 16.8. The zero-order valence-corrected chi connectivity index (χ0v) is 22.1. The maximum atomic E-state index is 13.4. The van der Waals surface area contributed by atoms with Crippen molar-refractivity contribution in [3.8, 4) is 0 Å². The van der Waals surface area contributed by atoms with Gasteiger partial charge in [-0.25, -0.2) is 13.4 Å². The Labute approximate surface area is 222 Å². The van der Waals surface area contributed by atoms with Gasteiger partial charge in [0.05, 0.1) is 11.1 Å². The SMILES string of the molecule is C[C@@H](C(=O)N1CCN(c2ccc(S(=O)(=O)Nc3cnccn3)cc2)CC1)N1CCCc2cc(Cl)ccc21. The molecule has 9 nitrogen and oxygen atoms in total. The molecule has 3 heterocycles. The minimum Gasteiger partial charge on any atom is -0.368 e. The maximum Gasteiger partial charge on any atom is 0.263 e. The fourth-order valence-corrected chi connectivity index (χ4v) is 6.15. The van der Waals surface area contributed by atoms with E-state index in [4.69, 9.17) is 11.6 Å². The number of rotatable bonds is 6. The van der Waals surface area contributed by atoms with Crippen LogP contribution in [0.1, 0.15) is 18.9 Å². The molecular formula is C26H29ClN6O3S. The highest BCUT2D eigenvalue weighted by Gasteiger charge is 2.31. The minimum atomic E-state index is -3.76. The second-order valence-corrected chi connectivity index (χ2v) is 11.4. The van der Waals surface area contributed by atoms with Gasteiger partial charge in [-0.1, -0.05) is 11.6 Å². The van der Waals surface area contributed by atoms with Crippen molar-refractivity contribution in [2.45, 2.75) is 30.7 Å². The number of hydrogen-bond acceptors (Lipinski definition) is 7. The summed E-state index contributed by atoms with van der Waals surface area (Å²) in [5, 5.41) is 0.725. The van der Waals surface area contributed by atoms with Crippen LogP contribution in [0.25, 0.3) is 0 Å². The smallest absolute Gasteiger partial charge is 0.263 e. The van der Waals surface area contributed by atoms with Gasteiger partial charge in [-0.05, 0) is 67.8 Å². The molecule has 5 rings (SSSR count). The minimum absolute atomic E-state index is 0.124. The van der Waals surface area contributed by atoms with E-state index in [0.717, 1.165) is 35.8 Å². The predicted molar refractivity (Wildman–Crippen MR) is 145 cm³/mol. The van der Waals surface area contributed by atoms with Crippen molar-refractivity contribution in [2.75, 3.05) is 47.2 Å². The van der Waals surface area contributed by atoms with Crippen LogP contribution < -0.4 is 14.5 Å². The van der Waals surface area contributed by atoms with Crippen molar-refractivity contribution in [1.29, 1.82) is 0 Å². The molecule has 1 amide bonds. The third-order valence-electron chi connectivity index (χ3n) is 6.93. The van der Waals surface area contributed by atoms with Crippen molar-refractivity contribution in [3.63, 3.8) is 0 Å². The largest absolute Gasteiger partial charge is 0.368 e. The second-order valence-electron chi connectivity index (χ2n) is 9.25. The number of nitrogens with zero attached hydrogens (tertiary/aromatic N) is 5. The van der Waals surface area contributed by atoms with Crippen molar-refractivity contribution >= 4 is 44.7 Å². The fourth-order valence-electron chi connectivity index (χ4n) is 4.96. The van der Waals surface area contributed by atoms with E-state index in [0.29, 0.717) is 26.2 Å². The van der Waals surface area contributed by atoms with Crippen LogP contribution >= 0.6 is 11.6 Å². The van der Waals surface area contributed by atoms with Crippen LogP contribution in [-0.2, 0) is 21.2 Å². The molecule has 0 unspecified atom stereocenters. The summed E-state index contributed by atoms with van der Waals surface area (Å²) in [6.07, 6.45) is 6.23. The Morgan fingerprint density at radius 2 is 1.78 bits per heavy atom. The van der Waals surface area contributed by atoms with Crippen LogP contribution in [0, 0.1) is 0 Å². The zero-order chi connectivity index (χ0) is 26.0. The number of sulfonamides is 1. The molecule has 0 spiro atoms. The first-order valence-corrected chi connectivity index (χ1v) is 14.2. The number of halogens is 1. The number of carbonyl (C=O) groups is 1. The number of amides is 1. The second kappa shape index (κ2) is 10.5. The molecule has 1 aromatic heterocycles. The van der Waals surface area contributed by atoms with Gasteiger partial charge in [-0.15, -0.1) is 0 Å². The topological polar surface area (TPSA) is 98.7 Å². The molecule has 0 bridgehead atoms. The van der Waals surface area contributed by atoms with Crippen LogP contribution in [0.3, 0.4) is 0 Å². The standard InChI is InChI=1S/C26H29ClN6O3S/c1-19(33-12-2-3-20-17-21(27)4-9-24(20)33)26(34)32-15-13-31(14-16-32)22-5-7-23(8-6-22)37(35,36)30-25-18-28-10-11-29-25/h4-11,17-19H,2-3,12-16H2,1H3,(H,29,30)/t19-/m0/s1. The average Bonchev–Trinajstić information content (AvgIpc) is 2.92. The Kier molecular flexibility index (Phi) is 7.21. The first kappa shape index (κ1) is 25.3. The molecule has 11 heteroatoms. The molecule has 2 aromatic carbocycles. The van der Waals surface area contributed by atoms with Gasteiger partial charge in [-0.3, -0.25) is 14.5 Å². The predicted octanol–water partition coefficient (Wildman–Crippen LogP) is 3.42. The summed E-state index contributed by atoms with van der Waals surface area (Å²) >= 11 is 6.18. The highest BCUT2D eigenvalue weighted by atomic mass is 35.5. The maximum absolute atomic E-state index is 13.4. The van der Waals surface area contributed by atoms with Gasteiger partial charge in [0.1, 0.15) is 6.04 Å². The molecule has 37 heavy (non-hydrogen) atoms. The molecule has 1 fully saturated rings. The van der Waals surface area contributed by atoms with Gasteiger partial charge >= 0.3 is 0 Å². The summed E-state index contributed by atoms with van der Waals surface area (Å²) < 4.78 is 27.7. The van der Waals surface area contributed by atoms with E-state index in [1.54, 1.807) is 24.3 Å². The molecule has 0 aliphatic carbocycles. The first-order valence-electron chi connectivity index (χ1n) is 12.3. The fraction of sp³-hybridized carbons (Fsp3) is 0.346. The Morgan fingerprint density at radius 1 is 1.03 bits per heavy atom. The van der Waals surface area contributed by atoms with Crippen LogP contribution in [0.2, 0.25) is 5.02 Å². The molecule has 194 valence electrons. The Balaban J connectivity index is 1.19. The van der Waals surface area contributed by atoms with Crippen LogP contribution in [0.15, 0.2) is 66.0 Å². The third-order valence-corrected chi connectivity index (χ3v) is 8.53. The van der Waals surface area contributed by atoms with Crippen LogP contribution in [-0.4, -0.2) is 68.0 Å². The van der Waals surface area contributed by atoms with E-state index in [2.05, 4.69) is 24.5 Å². The summed E-state index contributed by atoms with van der Waals surface area (Å²) in [5.74, 6) is 0.289. The highest BCUT2D eigenvalue weighted by Crippen LogP contribution is 2.31. The quantitative estimate of drug-likeness (QED) is 0.511. The molecule has 2 aliphatic heterocycles.